The van der Waals surface area contributed by atoms with Crippen LogP contribution in [0.2, 0.25) is 0 Å². The highest BCUT2D eigenvalue weighted by Crippen LogP contribution is 2.19. The van der Waals surface area contributed by atoms with E-state index in [4.69, 9.17) is 0 Å². The Hall–Kier alpha value is -2.02. The molecule has 3 aromatic heterocycles. The van der Waals surface area contributed by atoms with Gasteiger partial charge < -0.3 is 0 Å². The summed E-state index contributed by atoms with van der Waals surface area (Å²) in [5.41, 5.74) is 1.80. The van der Waals surface area contributed by atoms with Crippen molar-refractivity contribution in [1.82, 2.24) is 24.3 Å². The molecule has 0 bridgehead atoms. The van der Waals surface area contributed by atoms with E-state index < -0.39 is 0 Å². The quantitative estimate of drug-likeness (QED) is 0.688. The molecule has 0 unspecified atom stereocenters. The lowest BCUT2D eigenvalue weighted by molar-refractivity contribution is 0.638. The molecule has 18 heavy (non-hydrogen) atoms. The summed E-state index contributed by atoms with van der Waals surface area (Å²) in [5, 5.41) is 5.93. The highest BCUT2D eigenvalue weighted by Gasteiger charge is 2.10. The Morgan fingerprint density at radius 2 is 2.22 bits per heavy atom. The summed E-state index contributed by atoms with van der Waals surface area (Å²) in [6, 6.07) is 0. The largest absolute Gasteiger partial charge is 0.290 e. The minimum absolute atomic E-state index is 0.0268. The van der Waals surface area contributed by atoms with Crippen LogP contribution in [0.3, 0.4) is 0 Å². The van der Waals surface area contributed by atoms with Gasteiger partial charge >= 0.3 is 0 Å². The Labute approximate surface area is 107 Å². The van der Waals surface area contributed by atoms with E-state index in [1.165, 1.54) is 17.7 Å². The first-order valence-corrected chi connectivity index (χ1v) is 6.31. The van der Waals surface area contributed by atoms with Crippen molar-refractivity contribution in [2.75, 3.05) is 0 Å². The van der Waals surface area contributed by atoms with Crippen molar-refractivity contribution >= 4 is 21.6 Å². The van der Waals surface area contributed by atoms with Gasteiger partial charge in [-0.05, 0) is 17.9 Å². The van der Waals surface area contributed by atoms with Gasteiger partial charge in [-0.1, -0.05) is 0 Å². The van der Waals surface area contributed by atoms with Crippen molar-refractivity contribution in [3.63, 3.8) is 0 Å². The number of fused-ring (bicyclic) bond motifs is 1. The van der Waals surface area contributed by atoms with Crippen molar-refractivity contribution in [3.8, 4) is 0 Å². The summed E-state index contributed by atoms with van der Waals surface area (Å²) in [5.74, 6) is 0.728. The molecule has 0 aromatic carbocycles. The zero-order chi connectivity index (χ0) is 12.7. The van der Waals surface area contributed by atoms with Gasteiger partial charge in [0.2, 0.25) is 0 Å². The molecule has 0 radical (unpaired) electrons. The Morgan fingerprint density at radius 3 is 2.94 bits per heavy atom. The normalized spacial score (nSPS) is 11.2. The van der Waals surface area contributed by atoms with Crippen LogP contribution < -0.4 is 5.56 Å². The van der Waals surface area contributed by atoms with Gasteiger partial charge in [-0.25, -0.2) is 9.97 Å². The highest BCUT2D eigenvalue weighted by molar-refractivity contribution is 7.17. The standard InChI is InChI=1S/C11H11N5OS/c1-7-4-18-10-9(7)13-6-16(11(10)17)3-8-12-5-14-15(8)2/h4-6H,3H2,1-2H3. The number of thiophene rings is 1. The summed E-state index contributed by atoms with van der Waals surface area (Å²) in [6.07, 6.45) is 3.04. The number of hydrogen-bond donors (Lipinski definition) is 0. The summed E-state index contributed by atoms with van der Waals surface area (Å²) < 4.78 is 3.90. The van der Waals surface area contributed by atoms with Crippen LogP contribution in [0.4, 0.5) is 0 Å². The van der Waals surface area contributed by atoms with Gasteiger partial charge in [0, 0.05) is 7.05 Å². The fourth-order valence-electron chi connectivity index (χ4n) is 1.79. The van der Waals surface area contributed by atoms with Crippen LogP contribution >= 0.6 is 11.3 Å². The third kappa shape index (κ3) is 1.63. The average molecular weight is 261 g/mol. The molecule has 0 saturated carbocycles. The molecular weight excluding hydrogens is 250 g/mol. The first kappa shape index (κ1) is 11.1. The molecule has 3 rings (SSSR count). The smallest absolute Gasteiger partial charge is 0.271 e. The number of nitrogens with zero attached hydrogens (tertiary/aromatic N) is 5. The predicted octanol–water partition coefficient (Wildman–Crippen LogP) is 0.943. The summed E-state index contributed by atoms with van der Waals surface area (Å²) in [7, 11) is 1.80. The molecule has 7 heteroatoms. The van der Waals surface area contributed by atoms with Crippen LogP contribution in [0.25, 0.3) is 10.2 Å². The SMILES string of the molecule is Cc1csc2c(=O)n(Cc3ncnn3C)cnc12. The number of aryl methyl sites for hydroxylation is 2. The van der Waals surface area contributed by atoms with Gasteiger partial charge in [-0.3, -0.25) is 14.0 Å². The first-order chi connectivity index (χ1) is 8.66. The molecule has 0 atom stereocenters. The van der Waals surface area contributed by atoms with E-state index in [2.05, 4.69) is 15.1 Å². The first-order valence-electron chi connectivity index (χ1n) is 5.43. The van der Waals surface area contributed by atoms with Crippen LogP contribution in [0, 0.1) is 6.92 Å². The molecule has 3 heterocycles. The van der Waals surface area contributed by atoms with E-state index in [1.807, 2.05) is 12.3 Å². The molecule has 0 aliphatic rings. The maximum absolute atomic E-state index is 12.3. The number of rotatable bonds is 2. The van der Waals surface area contributed by atoms with Gasteiger partial charge in [0.05, 0.1) is 18.4 Å². The molecule has 0 aliphatic carbocycles. The lowest BCUT2D eigenvalue weighted by Gasteiger charge is -2.04. The van der Waals surface area contributed by atoms with Crippen molar-refractivity contribution < 1.29 is 0 Å². The Kier molecular flexibility index (Phi) is 2.48. The summed E-state index contributed by atoms with van der Waals surface area (Å²) in [6.45, 7) is 2.34. The fraction of sp³-hybridized carbons (Fsp3) is 0.273. The summed E-state index contributed by atoms with van der Waals surface area (Å²) >= 11 is 1.43. The van der Waals surface area contributed by atoms with Crippen LogP contribution in [0.15, 0.2) is 22.8 Å². The van der Waals surface area contributed by atoms with Crippen LogP contribution in [0.5, 0.6) is 0 Å². The third-order valence-corrected chi connectivity index (χ3v) is 3.92. The van der Waals surface area contributed by atoms with E-state index in [-0.39, 0.29) is 5.56 Å². The van der Waals surface area contributed by atoms with Crippen molar-refractivity contribution in [1.29, 1.82) is 0 Å². The van der Waals surface area contributed by atoms with E-state index in [0.29, 0.717) is 11.2 Å². The zero-order valence-electron chi connectivity index (χ0n) is 9.99. The third-order valence-electron chi connectivity index (χ3n) is 2.84. The minimum Gasteiger partial charge on any atom is -0.290 e. The topological polar surface area (TPSA) is 65.6 Å². The Morgan fingerprint density at radius 1 is 1.39 bits per heavy atom. The number of aromatic nitrogens is 5. The second kappa shape index (κ2) is 4.02. The maximum atomic E-state index is 12.3. The lowest BCUT2D eigenvalue weighted by Crippen LogP contribution is -2.22. The monoisotopic (exact) mass is 261 g/mol. The lowest BCUT2D eigenvalue weighted by atomic mass is 10.3. The zero-order valence-corrected chi connectivity index (χ0v) is 10.8. The van der Waals surface area contributed by atoms with Crippen molar-refractivity contribution in [2.24, 2.45) is 7.05 Å². The molecule has 0 N–H and O–H groups in total. The molecule has 0 amide bonds. The molecule has 0 aliphatic heterocycles. The van der Waals surface area contributed by atoms with Crippen molar-refractivity contribution in [3.05, 3.63) is 39.8 Å². The molecule has 6 nitrogen and oxygen atoms in total. The summed E-state index contributed by atoms with van der Waals surface area (Å²) in [4.78, 5) is 20.7. The van der Waals surface area contributed by atoms with Crippen molar-refractivity contribution in [2.45, 2.75) is 13.5 Å². The average Bonchev–Trinajstić information content (AvgIpc) is 2.91. The van der Waals surface area contributed by atoms with Crippen LogP contribution in [-0.4, -0.2) is 24.3 Å². The van der Waals surface area contributed by atoms with Gasteiger partial charge in [0.15, 0.2) is 0 Å². The Bertz CT molecular complexity index is 769. The van der Waals surface area contributed by atoms with E-state index in [0.717, 1.165) is 16.9 Å². The minimum atomic E-state index is -0.0268. The molecule has 0 saturated heterocycles. The maximum Gasteiger partial charge on any atom is 0.271 e. The van der Waals surface area contributed by atoms with Gasteiger partial charge in [0.25, 0.3) is 5.56 Å². The van der Waals surface area contributed by atoms with E-state index >= 15 is 0 Å². The molecule has 3 aromatic rings. The van der Waals surface area contributed by atoms with E-state index in [9.17, 15) is 4.79 Å². The Balaban J connectivity index is 2.11. The van der Waals surface area contributed by atoms with E-state index in [1.54, 1.807) is 22.6 Å². The second-order valence-electron chi connectivity index (χ2n) is 4.07. The van der Waals surface area contributed by atoms with Crippen LogP contribution in [0.1, 0.15) is 11.4 Å². The van der Waals surface area contributed by atoms with Gasteiger partial charge in [0.1, 0.15) is 16.9 Å². The molecular formula is C11H11N5OS. The highest BCUT2D eigenvalue weighted by atomic mass is 32.1. The van der Waals surface area contributed by atoms with Gasteiger partial charge in [-0.2, -0.15) is 5.10 Å². The second-order valence-corrected chi connectivity index (χ2v) is 4.95. The molecule has 92 valence electrons. The molecule has 0 spiro atoms. The number of hydrogen-bond acceptors (Lipinski definition) is 5. The molecule has 0 fully saturated rings. The fourth-order valence-corrected chi connectivity index (χ4v) is 2.74. The van der Waals surface area contributed by atoms with Crippen LogP contribution in [-0.2, 0) is 13.6 Å². The van der Waals surface area contributed by atoms with Gasteiger partial charge in [-0.15, -0.1) is 11.3 Å². The predicted molar refractivity (Wildman–Crippen MR) is 68.7 cm³/mol.